The van der Waals surface area contributed by atoms with Crippen molar-refractivity contribution in [2.24, 2.45) is 0 Å². The van der Waals surface area contributed by atoms with Crippen molar-refractivity contribution in [3.8, 4) is 0 Å². The van der Waals surface area contributed by atoms with Crippen molar-refractivity contribution < 1.29 is 9.15 Å². The maximum Gasteiger partial charge on any atom is 0.129 e. The highest BCUT2D eigenvalue weighted by atomic mass is 16.5. The van der Waals surface area contributed by atoms with E-state index < -0.39 is 0 Å². The van der Waals surface area contributed by atoms with Gasteiger partial charge in [0.15, 0.2) is 0 Å². The third-order valence-electron chi connectivity index (χ3n) is 3.71. The van der Waals surface area contributed by atoms with Crippen LogP contribution in [0.1, 0.15) is 36.0 Å². The van der Waals surface area contributed by atoms with Gasteiger partial charge in [-0.2, -0.15) is 0 Å². The van der Waals surface area contributed by atoms with Crippen molar-refractivity contribution >= 4 is 0 Å². The van der Waals surface area contributed by atoms with Gasteiger partial charge in [-0.3, -0.25) is 4.90 Å². The van der Waals surface area contributed by atoms with Crippen LogP contribution in [0.15, 0.2) is 35.0 Å². The van der Waals surface area contributed by atoms with Gasteiger partial charge in [0.05, 0.1) is 6.04 Å². The van der Waals surface area contributed by atoms with Gasteiger partial charge < -0.3 is 14.1 Å². The van der Waals surface area contributed by atoms with Gasteiger partial charge in [-0.25, -0.2) is 0 Å². The molecule has 1 N–H and O–H groups in total. The Morgan fingerprint density at radius 2 is 2.37 bits per heavy atom. The monoisotopic (exact) mass is 260 g/mol. The molecule has 1 saturated heterocycles. The van der Waals surface area contributed by atoms with Gasteiger partial charge in [-0.15, -0.1) is 0 Å². The highest BCUT2D eigenvalue weighted by Gasteiger charge is 2.28. The van der Waals surface area contributed by atoms with E-state index in [4.69, 9.17) is 9.15 Å². The molecule has 102 valence electrons. The van der Waals surface area contributed by atoms with Crippen LogP contribution in [0.25, 0.3) is 0 Å². The first-order valence-electron chi connectivity index (χ1n) is 6.80. The molecule has 0 aromatic carbocycles. The molecule has 0 spiro atoms. The quantitative estimate of drug-likeness (QED) is 0.898. The Kier molecular flexibility index (Phi) is 3.71. The van der Waals surface area contributed by atoms with E-state index in [1.165, 1.54) is 18.4 Å². The smallest absolute Gasteiger partial charge is 0.129 e. The van der Waals surface area contributed by atoms with Crippen molar-refractivity contribution in [2.45, 2.75) is 32.0 Å². The van der Waals surface area contributed by atoms with Crippen LogP contribution in [0.2, 0.25) is 0 Å². The Morgan fingerprint density at radius 1 is 1.42 bits per heavy atom. The second-order valence-electron chi connectivity index (χ2n) is 5.08. The van der Waals surface area contributed by atoms with Crippen LogP contribution >= 0.6 is 0 Å². The van der Waals surface area contributed by atoms with E-state index >= 15 is 0 Å². The number of rotatable bonds is 5. The van der Waals surface area contributed by atoms with Gasteiger partial charge in [-0.1, -0.05) is 0 Å². The van der Waals surface area contributed by atoms with Crippen molar-refractivity contribution in [1.29, 1.82) is 0 Å². The van der Waals surface area contributed by atoms with Crippen LogP contribution in [0.5, 0.6) is 0 Å². The molecule has 2 aromatic rings. The molecule has 1 atom stereocenters. The first-order valence-corrected chi connectivity index (χ1v) is 6.80. The van der Waals surface area contributed by atoms with Crippen LogP contribution in [-0.2, 0) is 17.9 Å². The lowest BCUT2D eigenvalue weighted by molar-refractivity contribution is 0.155. The first-order chi connectivity index (χ1) is 9.36. The van der Waals surface area contributed by atoms with Crippen molar-refractivity contribution in [2.75, 3.05) is 13.7 Å². The number of nitrogens with one attached hydrogen (secondary N) is 1. The Hall–Kier alpha value is -1.52. The lowest BCUT2D eigenvalue weighted by Crippen LogP contribution is -2.22. The van der Waals surface area contributed by atoms with Gasteiger partial charge in [0.1, 0.15) is 18.1 Å². The highest BCUT2D eigenvalue weighted by molar-refractivity contribution is 5.14. The number of methoxy groups -OCH3 is 1. The van der Waals surface area contributed by atoms with Gasteiger partial charge in [-0.05, 0) is 43.1 Å². The van der Waals surface area contributed by atoms with Gasteiger partial charge in [0.2, 0.25) is 0 Å². The molecule has 0 amide bonds. The maximum absolute atomic E-state index is 5.88. The molecule has 19 heavy (non-hydrogen) atoms. The van der Waals surface area contributed by atoms with Crippen molar-refractivity contribution in [3.63, 3.8) is 0 Å². The second-order valence-corrected chi connectivity index (χ2v) is 5.08. The molecule has 0 bridgehead atoms. The molecule has 0 radical (unpaired) electrons. The minimum atomic E-state index is 0.403. The zero-order valence-corrected chi connectivity index (χ0v) is 11.3. The summed E-state index contributed by atoms with van der Waals surface area (Å²) in [5.41, 5.74) is 1.33. The topological polar surface area (TPSA) is 41.4 Å². The predicted octanol–water partition coefficient (Wildman–Crippen LogP) is 3.09. The van der Waals surface area contributed by atoms with E-state index in [2.05, 4.69) is 28.2 Å². The van der Waals surface area contributed by atoms with E-state index in [1.54, 1.807) is 7.11 Å². The summed E-state index contributed by atoms with van der Waals surface area (Å²) in [6.07, 6.45) is 6.44. The summed E-state index contributed by atoms with van der Waals surface area (Å²) in [6.45, 7) is 2.66. The number of H-pyrrole nitrogens is 1. The third-order valence-corrected chi connectivity index (χ3v) is 3.71. The number of furan rings is 1. The van der Waals surface area contributed by atoms with E-state index in [9.17, 15) is 0 Å². The van der Waals surface area contributed by atoms with Crippen LogP contribution in [0, 0.1) is 0 Å². The SMILES string of the molecule is COCc1ccc([C@H]2CCCN2Cc2cc[nH]c2)o1. The lowest BCUT2D eigenvalue weighted by Gasteiger charge is -2.22. The fourth-order valence-corrected chi connectivity index (χ4v) is 2.82. The average molecular weight is 260 g/mol. The maximum atomic E-state index is 5.88. The molecule has 0 unspecified atom stereocenters. The molecule has 0 aliphatic carbocycles. The Labute approximate surface area is 113 Å². The van der Waals surface area contributed by atoms with Crippen molar-refractivity contribution in [1.82, 2.24) is 9.88 Å². The molecule has 4 heteroatoms. The summed E-state index contributed by atoms with van der Waals surface area (Å²) < 4.78 is 11.0. The fourth-order valence-electron chi connectivity index (χ4n) is 2.82. The Bertz CT molecular complexity index is 504. The predicted molar refractivity (Wildman–Crippen MR) is 72.6 cm³/mol. The molecular formula is C15H20N2O2. The van der Waals surface area contributed by atoms with E-state index in [0.29, 0.717) is 12.6 Å². The van der Waals surface area contributed by atoms with Crippen LogP contribution in [0.4, 0.5) is 0 Å². The van der Waals surface area contributed by atoms with Crippen LogP contribution < -0.4 is 0 Å². The summed E-state index contributed by atoms with van der Waals surface area (Å²) >= 11 is 0. The van der Waals surface area contributed by atoms with E-state index in [1.807, 2.05) is 12.3 Å². The molecule has 0 saturated carbocycles. The number of hydrogen-bond donors (Lipinski definition) is 1. The minimum Gasteiger partial charge on any atom is -0.462 e. The lowest BCUT2D eigenvalue weighted by atomic mass is 10.1. The van der Waals surface area contributed by atoms with E-state index in [-0.39, 0.29) is 0 Å². The number of aromatic nitrogens is 1. The van der Waals surface area contributed by atoms with Gasteiger partial charge in [0.25, 0.3) is 0 Å². The Morgan fingerprint density at radius 3 is 3.16 bits per heavy atom. The summed E-state index contributed by atoms with van der Waals surface area (Å²) in [7, 11) is 1.69. The molecule has 2 aromatic heterocycles. The number of aromatic amines is 1. The largest absolute Gasteiger partial charge is 0.462 e. The molecule has 3 rings (SSSR count). The number of ether oxygens (including phenoxy) is 1. The molecule has 3 heterocycles. The first kappa shape index (κ1) is 12.5. The van der Waals surface area contributed by atoms with E-state index in [0.717, 1.165) is 24.6 Å². The normalized spacial score (nSPS) is 20.2. The van der Waals surface area contributed by atoms with Crippen LogP contribution in [0.3, 0.4) is 0 Å². The standard InChI is InChI=1S/C15H20N2O2/c1-18-11-13-4-5-15(19-13)14-3-2-8-17(14)10-12-6-7-16-9-12/h4-7,9,14,16H,2-3,8,10-11H2,1H3/t14-/m1/s1. The summed E-state index contributed by atoms with van der Waals surface area (Å²) in [5, 5.41) is 0. The minimum absolute atomic E-state index is 0.403. The zero-order valence-electron chi connectivity index (χ0n) is 11.3. The summed E-state index contributed by atoms with van der Waals surface area (Å²) in [4.78, 5) is 5.60. The summed E-state index contributed by atoms with van der Waals surface area (Å²) in [6, 6.07) is 6.65. The number of likely N-dealkylation sites (tertiary alicyclic amines) is 1. The molecule has 1 aliphatic rings. The summed E-state index contributed by atoms with van der Waals surface area (Å²) in [5.74, 6) is 1.98. The average Bonchev–Trinajstić information content (AvgIpc) is 3.11. The molecule has 1 fully saturated rings. The van der Waals surface area contributed by atoms with Crippen molar-refractivity contribution in [3.05, 3.63) is 47.7 Å². The molecule has 1 aliphatic heterocycles. The van der Waals surface area contributed by atoms with Crippen LogP contribution in [-0.4, -0.2) is 23.5 Å². The molecular weight excluding hydrogens is 240 g/mol. The fraction of sp³-hybridized carbons (Fsp3) is 0.467. The highest BCUT2D eigenvalue weighted by Crippen LogP contribution is 2.34. The zero-order chi connectivity index (χ0) is 13.1. The molecule has 4 nitrogen and oxygen atoms in total. The van der Waals surface area contributed by atoms with Gasteiger partial charge >= 0.3 is 0 Å². The number of nitrogens with zero attached hydrogens (tertiary/aromatic N) is 1. The van der Waals surface area contributed by atoms with Gasteiger partial charge in [0, 0.05) is 26.0 Å². The third kappa shape index (κ3) is 2.74. The second kappa shape index (κ2) is 5.63. The number of hydrogen-bond acceptors (Lipinski definition) is 3. The Balaban J connectivity index is 1.71.